The van der Waals surface area contributed by atoms with E-state index in [-0.39, 0.29) is 5.60 Å². The lowest BCUT2D eigenvalue weighted by Crippen LogP contribution is -2.44. The quantitative estimate of drug-likeness (QED) is 0.772. The van der Waals surface area contributed by atoms with Gasteiger partial charge in [-0.05, 0) is 63.1 Å². The van der Waals surface area contributed by atoms with Gasteiger partial charge in [-0.25, -0.2) is 0 Å². The lowest BCUT2D eigenvalue weighted by molar-refractivity contribution is -0.0628. The van der Waals surface area contributed by atoms with E-state index in [1.807, 2.05) is 0 Å². The fraction of sp³-hybridized carbons (Fsp3) is 0.478. The second-order valence-electron chi connectivity index (χ2n) is 7.84. The fourth-order valence-electron chi connectivity index (χ4n) is 3.88. The summed E-state index contributed by atoms with van der Waals surface area (Å²) in [6.45, 7) is 6.33. The molecule has 0 saturated carbocycles. The minimum absolute atomic E-state index is 0.0127. The minimum Gasteiger partial charge on any atom is -0.375 e. The molecule has 1 aliphatic heterocycles. The Morgan fingerprint density at radius 3 is 2.40 bits per heavy atom. The number of hydrogen-bond acceptors (Lipinski definition) is 2. The maximum atomic E-state index is 5.83. The summed E-state index contributed by atoms with van der Waals surface area (Å²) in [6, 6.07) is 22.4. The molecule has 1 saturated heterocycles. The molecular weight excluding hydrogens is 306 g/mol. The monoisotopic (exact) mass is 337 g/mol. The summed E-state index contributed by atoms with van der Waals surface area (Å²) in [5.74, 6) is 0.559. The second kappa shape index (κ2) is 8.64. The van der Waals surface area contributed by atoms with Crippen LogP contribution in [0.2, 0.25) is 0 Å². The number of ether oxygens (including phenoxy) is 1. The van der Waals surface area contributed by atoms with Crippen molar-refractivity contribution in [3.05, 3.63) is 71.8 Å². The molecule has 2 aromatic rings. The van der Waals surface area contributed by atoms with E-state index in [4.69, 9.17) is 4.74 Å². The first kappa shape index (κ1) is 18.2. The van der Waals surface area contributed by atoms with Crippen molar-refractivity contribution in [2.45, 2.75) is 57.1 Å². The molecule has 1 N–H and O–H groups in total. The molecule has 0 aliphatic carbocycles. The van der Waals surface area contributed by atoms with Crippen molar-refractivity contribution < 1.29 is 4.74 Å². The summed E-state index contributed by atoms with van der Waals surface area (Å²) in [5, 5.41) is 3.78. The highest BCUT2D eigenvalue weighted by molar-refractivity contribution is 5.24. The van der Waals surface area contributed by atoms with Crippen LogP contribution in [0.25, 0.3) is 0 Å². The fourth-order valence-corrected chi connectivity index (χ4v) is 3.88. The maximum Gasteiger partial charge on any atom is 0.0641 e. The Kier molecular flexibility index (Phi) is 6.28. The van der Waals surface area contributed by atoms with Crippen molar-refractivity contribution in [1.29, 1.82) is 0 Å². The van der Waals surface area contributed by atoms with Crippen LogP contribution in [0.3, 0.4) is 0 Å². The molecule has 0 bridgehead atoms. The first-order valence-electron chi connectivity index (χ1n) is 9.59. The first-order chi connectivity index (χ1) is 12.1. The second-order valence-corrected chi connectivity index (χ2v) is 7.84. The van der Waals surface area contributed by atoms with Gasteiger partial charge in [0.2, 0.25) is 0 Å². The van der Waals surface area contributed by atoms with Crippen LogP contribution in [0.5, 0.6) is 0 Å². The summed E-state index contributed by atoms with van der Waals surface area (Å²) in [6.07, 6.45) is 4.49. The van der Waals surface area contributed by atoms with Crippen LogP contribution >= 0.6 is 0 Å². The Labute approximate surface area is 152 Å². The number of rotatable bonds is 7. The summed E-state index contributed by atoms with van der Waals surface area (Å²) < 4.78 is 5.83. The predicted octanol–water partition coefficient (Wildman–Crippen LogP) is 4.95. The molecule has 25 heavy (non-hydrogen) atoms. The molecule has 2 aromatic carbocycles. The molecule has 1 fully saturated rings. The Morgan fingerprint density at radius 2 is 1.72 bits per heavy atom. The molecule has 3 rings (SSSR count). The SMILES string of the molecule is CC1(C)C[C@H](NCC[C@@H](Cc2ccccc2)c2ccccc2)CCO1. The van der Waals surface area contributed by atoms with Gasteiger partial charge in [-0.15, -0.1) is 0 Å². The molecule has 0 aromatic heterocycles. The van der Waals surface area contributed by atoms with Crippen LogP contribution in [-0.4, -0.2) is 24.8 Å². The van der Waals surface area contributed by atoms with E-state index < -0.39 is 0 Å². The Balaban J connectivity index is 1.58. The molecular formula is C23H31NO. The molecule has 2 atom stereocenters. The summed E-state index contributed by atoms with van der Waals surface area (Å²) in [4.78, 5) is 0. The molecule has 134 valence electrons. The molecule has 1 heterocycles. The molecule has 0 spiro atoms. The highest BCUT2D eigenvalue weighted by Gasteiger charge is 2.28. The van der Waals surface area contributed by atoms with Gasteiger partial charge >= 0.3 is 0 Å². The van der Waals surface area contributed by atoms with E-state index in [1.54, 1.807) is 0 Å². The van der Waals surface area contributed by atoms with Crippen molar-refractivity contribution in [3.8, 4) is 0 Å². The van der Waals surface area contributed by atoms with Crippen molar-refractivity contribution >= 4 is 0 Å². The van der Waals surface area contributed by atoms with Crippen LogP contribution < -0.4 is 5.32 Å². The third-order valence-electron chi connectivity index (χ3n) is 5.22. The molecule has 0 unspecified atom stereocenters. The largest absolute Gasteiger partial charge is 0.375 e. The molecule has 1 aliphatic rings. The Hall–Kier alpha value is -1.64. The standard InChI is InChI=1S/C23H31NO/c1-23(2)18-22(14-16-25-23)24-15-13-21(20-11-7-4-8-12-20)17-19-9-5-3-6-10-19/h3-12,21-22,24H,13-18H2,1-2H3/t21-,22+/m0/s1. The van der Waals surface area contributed by atoms with Crippen LogP contribution in [0.1, 0.15) is 50.2 Å². The van der Waals surface area contributed by atoms with Gasteiger partial charge in [0.1, 0.15) is 0 Å². The third kappa shape index (κ3) is 5.69. The summed E-state index contributed by atoms with van der Waals surface area (Å²) in [5.41, 5.74) is 2.88. The molecule has 2 nitrogen and oxygen atoms in total. The molecule has 0 radical (unpaired) electrons. The zero-order valence-corrected chi connectivity index (χ0v) is 15.6. The summed E-state index contributed by atoms with van der Waals surface area (Å²) in [7, 11) is 0. The first-order valence-corrected chi connectivity index (χ1v) is 9.59. The lowest BCUT2D eigenvalue weighted by atomic mass is 9.89. The predicted molar refractivity (Wildman–Crippen MR) is 105 cm³/mol. The Bertz CT molecular complexity index is 623. The van der Waals surface area contributed by atoms with Crippen LogP contribution in [-0.2, 0) is 11.2 Å². The van der Waals surface area contributed by atoms with Crippen LogP contribution in [0.4, 0.5) is 0 Å². The average Bonchev–Trinajstić information content (AvgIpc) is 2.62. The van der Waals surface area contributed by atoms with Gasteiger partial charge in [-0.3, -0.25) is 0 Å². The van der Waals surface area contributed by atoms with Crippen molar-refractivity contribution in [2.75, 3.05) is 13.2 Å². The van der Waals surface area contributed by atoms with Crippen molar-refractivity contribution in [1.82, 2.24) is 5.32 Å². The zero-order chi connectivity index (χ0) is 17.5. The smallest absolute Gasteiger partial charge is 0.0641 e. The topological polar surface area (TPSA) is 21.3 Å². The number of nitrogens with one attached hydrogen (secondary N) is 1. The lowest BCUT2D eigenvalue weighted by Gasteiger charge is -2.36. The normalized spacial score (nSPS) is 21.0. The number of benzene rings is 2. The van der Waals surface area contributed by atoms with E-state index >= 15 is 0 Å². The van der Waals surface area contributed by atoms with E-state index in [1.165, 1.54) is 11.1 Å². The van der Waals surface area contributed by atoms with E-state index in [2.05, 4.69) is 79.8 Å². The van der Waals surface area contributed by atoms with Crippen molar-refractivity contribution in [3.63, 3.8) is 0 Å². The van der Waals surface area contributed by atoms with Gasteiger partial charge in [0.25, 0.3) is 0 Å². The van der Waals surface area contributed by atoms with Gasteiger partial charge in [0.05, 0.1) is 5.60 Å². The van der Waals surface area contributed by atoms with Gasteiger partial charge in [-0.2, -0.15) is 0 Å². The summed E-state index contributed by atoms with van der Waals surface area (Å²) >= 11 is 0. The van der Waals surface area contributed by atoms with Crippen LogP contribution in [0, 0.1) is 0 Å². The van der Waals surface area contributed by atoms with Gasteiger partial charge in [-0.1, -0.05) is 60.7 Å². The highest BCUT2D eigenvalue weighted by atomic mass is 16.5. The van der Waals surface area contributed by atoms with E-state index in [0.29, 0.717) is 12.0 Å². The maximum absolute atomic E-state index is 5.83. The molecule has 2 heteroatoms. The van der Waals surface area contributed by atoms with Gasteiger partial charge < -0.3 is 10.1 Å². The zero-order valence-electron chi connectivity index (χ0n) is 15.6. The van der Waals surface area contributed by atoms with Gasteiger partial charge in [0.15, 0.2) is 0 Å². The Morgan fingerprint density at radius 1 is 1.04 bits per heavy atom. The average molecular weight is 338 g/mol. The third-order valence-corrected chi connectivity index (χ3v) is 5.22. The van der Waals surface area contributed by atoms with Crippen molar-refractivity contribution in [2.24, 2.45) is 0 Å². The minimum atomic E-state index is 0.0127. The van der Waals surface area contributed by atoms with Crippen LogP contribution in [0.15, 0.2) is 60.7 Å². The molecule has 0 amide bonds. The van der Waals surface area contributed by atoms with Gasteiger partial charge in [0, 0.05) is 12.6 Å². The number of hydrogen-bond donors (Lipinski definition) is 1. The highest BCUT2D eigenvalue weighted by Crippen LogP contribution is 2.26. The van der Waals surface area contributed by atoms with E-state index in [0.717, 1.165) is 38.8 Å². The van der Waals surface area contributed by atoms with E-state index in [9.17, 15) is 0 Å².